The summed E-state index contributed by atoms with van der Waals surface area (Å²) < 4.78 is 1.34. The van der Waals surface area contributed by atoms with E-state index in [0.717, 1.165) is 0 Å². The molecule has 0 radical (unpaired) electrons. The van der Waals surface area contributed by atoms with E-state index in [1.807, 2.05) is 0 Å². The third-order valence-electron chi connectivity index (χ3n) is 3.24. The highest BCUT2D eigenvalue weighted by atomic mass is 16.3. The Morgan fingerprint density at radius 1 is 1.22 bits per heavy atom. The second-order valence-electron chi connectivity index (χ2n) is 4.98. The quantitative estimate of drug-likeness (QED) is 0.679. The summed E-state index contributed by atoms with van der Waals surface area (Å²) in [5, 5.41) is 18.2. The van der Waals surface area contributed by atoms with Crippen molar-refractivity contribution in [3.05, 3.63) is 70.9 Å². The van der Waals surface area contributed by atoms with Crippen molar-refractivity contribution in [1.29, 1.82) is 0 Å². The molecule has 1 heterocycles. The molecule has 0 unspecified atom stereocenters. The number of H-pyrrole nitrogens is 1. The maximum atomic E-state index is 12.1. The fourth-order valence-electron chi connectivity index (χ4n) is 2.22. The molecular weight excluding hydrogens is 296 g/mol. The molecule has 0 aliphatic carbocycles. The number of carbonyl (C=O) groups excluding carboxylic acids is 1. The number of hydrogen-bond donors (Lipinski definition) is 3. The molecule has 3 rings (SSSR count). The predicted octanol–water partition coefficient (Wildman–Crippen LogP) is 1.45. The van der Waals surface area contributed by atoms with Gasteiger partial charge in [-0.1, -0.05) is 18.2 Å². The van der Waals surface area contributed by atoms with E-state index in [-0.39, 0.29) is 23.8 Å². The summed E-state index contributed by atoms with van der Waals surface area (Å²) in [6.45, 7) is 0. The zero-order valence-corrected chi connectivity index (χ0v) is 12.1. The van der Waals surface area contributed by atoms with Crippen molar-refractivity contribution in [3.63, 3.8) is 0 Å². The summed E-state index contributed by atoms with van der Waals surface area (Å²) in [5.41, 5.74) is 1.53. The van der Waals surface area contributed by atoms with Crippen molar-refractivity contribution < 1.29 is 9.90 Å². The van der Waals surface area contributed by atoms with Crippen molar-refractivity contribution >= 4 is 11.6 Å². The second kappa shape index (κ2) is 6.18. The lowest BCUT2D eigenvalue weighted by atomic mass is 10.1. The number of benzene rings is 2. The monoisotopic (exact) mass is 310 g/mol. The molecule has 0 bridgehead atoms. The average Bonchev–Trinajstić information content (AvgIpc) is 2.93. The Morgan fingerprint density at radius 2 is 2.04 bits per heavy atom. The van der Waals surface area contributed by atoms with Crippen LogP contribution in [0.25, 0.3) is 5.69 Å². The topological polar surface area (TPSA) is 100 Å². The van der Waals surface area contributed by atoms with E-state index in [4.69, 9.17) is 0 Å². The number of phenolic OH excluding ortho intramolecular Hbond substituents is 1. The first-order valence-electron chi connectivity index (χ1n) is 6.92. The van der Waals surface area contributed by atoms with Crippen LogP contribution < -0.4 is 11.0 Å². The number of hydrogen-bond acceptors (Lipinski definition) is 4. The third kappa shape index (κ3) is 3.46. The minimum absolute atomic E-state index is 0.122. The van der Waals surface area contributed by atoms with Gasteiger partial charge in [-0.15, -0.1) is 0 Å². The zero-order valence-electron chi connectivity index (χ0n) is 12.1. The van der Waals surface area contributed by atoms with Crippen molar-refractivity contribution in [2.45, 2.75) is 6.42 Å². The summed E-state index contributed by atoms with van der Waals surface area (Å²) in [6.07, 6.45) is 1.51. The highest BCUT2D eigenvalue weighted by Gasteiger charge is 2.07. The molecule has 0 spiro atoms. The Hall–Kier alpha value is -3.35. The lowest BCUT2D eigenvalue weighted by molar-refractivity contribution is -0.115. The van der Waals surface area contributed by atoms with Crippen LogP contribution >= 0.6 is 0 Å². The van der Waals surface area contributed by atoms with Crippen LogP contribution in [0.15, 0.2) is 59.7 Å². The van der Waals surface area contributed by atoms with Gasteiger partial charge in [0.25, 0.3) is 0 Å². The van der Waals surface area contributed by atoms with Crippen molar-refractivity contribution in [2.75, 3.05) is 5.32 Å². The van der Waals surface area contributed by atoms with E-state index >= 15 is 0 Å². The number of rotatable bonds is 4. The smallest absolute Gasteiger partial charge is 0.347 e. The normalized spacial score (nSPS) is 10.4. The molecule has 0 aliphatic heterocycles. The van der Waals surface area contributed by atoms with Crippen LogP contribution in [0.2, 0.25) is 0 Å². The van der Waals surface area contributed by atoms with Gasteiger partial charge in [0.2, 0.25) is 5.91 Å². The number of phenols is 1. The molecule has 1 aromatic heterocycles. The Bertz CT molecular complexity index is 898. The standard InChI is InChI=1S/C16H14N4O3/c21-14-6-1-3-11(7-14)8-15(22)18-12-4-2-5-13(9-12)20-10-17-19-16(20)23/h1-7,9-10,21H,8H2,(H,18,22)(H,19,23). The van der Waals surface area contributed by atoms with Crippen LogP contribution in [0.5, 0.6) is 5.75 Å². The van der Waals surface area contributed by atoms with Crippen molar-refractivity contribution in [2.24, 2.45) is 0 Å². The maximum Gasteiger partial charge on any atom is 0.347 e. The molecule has 3 aromatic rings. The minimum Gasteiger partial charge on any atom is -0.508 e. The number of anilines is 1. The van der Waals surface area contributed by atoms with E-state index in [9.17, 15) is 14.7 Å². The predicted molar refractivity (Wildman–Crippen MR) is 84.6 cm³/mol. The molecule has 2 aromatic carbocycles. The van der Waals surface area contributed by atoms with Crippen LogP contribution in [-0.4, -0.2) is 25.8 Å². The second-order valence-corrected chi connectivity index (χ2v) is 4.98. The largest absolute Gasteiger partial charge is 0.508 e. The Morgan fingerprint density at radius 3 is 2.78 bits per heavy atom. The molecule has 0 saturated heterocycles. The number of amides is 1. The van der Waals surface area contributed by atoms with Crippen LogP contribution in [-0.2, 0) is 11.2 Å². The van der Waals surface area contributed by atoms with Crippen LogP contribution in [0.4, 0.5) is 5.69 Å². The first-order valence-corrected chi connectivity index (χ1v) is 6.92. The van der Waals surface area contributed by atoms with Crippen molar-refractivity contribution in [1.82, 2.24) is 14.8 Å². The molecule has 0 atom stereocenters. The first-order chi connectivity index (χ1) is 11.1. The van der Waals surface area contributed by atoms with E-state index in [1.54, 1.807) is 48.5 Å². The van der Waals surface area contributed by atoms with E-state index < -0.39 is 0 Å². The molecule has 116 valence electrons. The van der Waals surface area contributed by atoms with E-state index in [0.29, 0.717) is 16.9 Å². The van der Waals surface area contributed by atoms with Gasteiger partial charge < -0.3 is 10.4 Å². The lowest BCUT2D eigenvalue weighted by Gasteiger charge is -2.07. The lowest BCUT2D eigenvalue weighted by Crippen LogP contribution is -2.16. The van der Waals surface area contributed by atoms with Crippen LogP contribution in [0.3, 0.4) is 0 Å². The molecule has 1 amide bonds. The summed E-state index contributed by atoms with van der Waals surface area (Å²) in [4.78, 5) is 23.6. The number of aromatic amines is 1. The highest BCUT2D eigenvalue weighted by Crippen LogP contribution is 2.15. The van der Waals surface area contributed by atoms with Gasteiger partial charge in [0.05, 0.1) is 12.1 Å². The molecule has 0 saturated carbocycles. The van der Waals surface area contributed by atoms with E-state index in [1.165, 1.54) is 10.9 Å². The summed E-state index contributed by atoms with van der Waals surface area (Å²) >= 11 is 0. The number of carbonyl (C=O) groups is 1. The first kappa shape index (κ1) is 14.6. The molecule has 0 fully saturated rings. The van der Waals surface area contributed by atoms with Gasteiger partial charge in [-0.3, -0.25) is 4.79 Å². The Balaban J connectivity index is 1.74. The number of aromatic nitrogens is 3. The van der Waals surface area contributed by atoms with Gasteiger partial charge in [-0.2, -0.15) is 5.10 Å². The third-order valence-corrected chi connectivity index (χ3v) is 3.24. The van der Waals surface area contributed by atoms with Gasteiger partial charge in [0.1, 0.15) is 12.1 Å². The molecule has 0 aliphatic rings. The van der Waals surface area contributed by atoms with Crippen molar-refractivity contribution in [3.8, 4) is 11.4 Å². The minimum atomic E-state index is -0.353. The fraction of sp³-hybridized carbons (Fsp3) is 0.0625. The zero-order chi connectivity index (χ0) is 16.2. The summed E-state index contributed by atoms with van der Waals surface area (Å²) in [6, 6.07) is 13.4. The molecule has 23 heavy (non-hydrogen) atoms. The fourth-order valence-corrected chi connectivity index (χ4v) is 2.22. The highest BCUT2D eigenvalue weighted by molar-refractivity contribution is 5.92. The SMILES string of the molecule is O=C(Cc1cccc(O)c1)Nc1cccc(-n2cn[nH]c2=O)c1. The summed E-state index contributed by atoms with van der Waals surface area (Å²) in [5.74, 6) is -0.0936. The number of nitrogens with zero attached hydrogens (tertiary/aromatic N) is 2. The van der Waals surface area contributed by atoms with Crippen LogP contribution in [0, 0.1) is 0 Å². The van der Waals surface area contributed by atoms with Gasteiger partial charge in [0.15, 0.2) is 0 Å². The molecule has 7 heteroatoms. The number of nitrogens with one attached hydrogen (secondary N) is 2. The Labute approximate surface area is 131 Å². The average molecular weight is 310 g/mol. The van der Waals surface area contributed by atoms with Crippen LogP contribution in [0.1, 0.15) is 5.56 Å². The summed E-state index contributed by atoms with van der Waals surface area (Å²) in [7, 11) is 0. The number of aromatic hydroxyl groups is 1. The molecular formula is C16H14N4O3. The molecule has 3 N–H and O–H groups in total. The van der Waals surface area contributed by atoms with Gasteiger partial charge in [0, 0.05) is 5.69 Å². The van der Waals surface area contributed by atoms with E-state index in [2.05, 4.69) is 15.5 Å². The Kier molecular flexibility index (Phi) is 3.92. The van der Waals surface area contributed by atoms with Gasteiger partial charge >= 0.3 is 5.69 Å². The molecule has 7 nitrogen and oxygen atoms in total. The van der Waals surface area contributed by atoms with Gasteiger partial charge in [-0.05, 0) is 35.9 Å². The van der Waals surface area contributed by atoms with Gasteiger partial charge in [-0.25, -0.2) is 14.5 Å². The maximum absolute atomic E-state index is 12.1.